The number of hydrogen-bond acceptors (Lipinski definition) is 4. The zero-order chi connectivity index (χ0) is 17.3. The summed E-state index contributed by atoms with van der Waals surface area (Å²) in [4.78, 5) is 2.50. The highest BCUT2D eigenvalue weighted by Gasteiger charge is 2.39. The molecule has 26 heavy (non-hydrogen) atoms. The van der Waals surface area contributed by atoms with Gasteiger partial charge in [-0.2, -0.15) is 4.52 Å². The first kappa shape index (κ1) is 14.7. The fourth-order valence-electron chi connectivity index (χ4n) is 5.42. The summed E-state index contributed by atoms with van der Waals surface area (Å²) in [5, 5.41) is 13.9. The van der Waals surface area contributed by atoms with Gasteiger partial charge in [0.15, 0.2) is 17.3 Å². The maximum atomic E-state index is 5.08. The summed E-state index contributed by atoms with van der Waals surface area (Å²) in [5.41, 5.74) is 6.88. The zero-order valence-corrected chi connectivity index (χ0v) is 15.1. The molecule has 1 fully saturated rings. The van der Waals surface area contributed by atoms with Gasteiger partial charge in [-0.1, -0.05) is 24.3 Å². The van der Waals surface area contributed by atoms with E-state index in [1.165, 1.54) is 53.8 Å². The van der Waals surface area contributed by atoms with Crippen molar-refractivity contribution in [2.75, 3.05) is 11.4 Å². The fourth-order valence-corrected chi connectivity index (χ4v) is 5.42. The van der Waals surface area contributed by atoms with Gasteiger partial charge in [0.05, 0.1) is 0 Å². The average molecular weight is 345 g/mol. The lowest BCUT2D eigenvalue weighted by molar-refractivity contribution is 0.357. The number of nitrogens with zero attached hydrogens (tertiary/aromatic N) is 5. The Bertz CT molecular complexity index is 1010. The van der Waals surface area contributed by atoms with Gasteiger partial charge in [-0.25, -0.2) is 0 Å². The van der Waals surface area contributed by atoms with E-state index in [0.717, 1.165) is 31.0 Å². The molecule has 3 aliphatic carbocycles. The van der Waals surface area contributed by atoms with Crippen LogP contribution in [0.5, 0.6) is 0 Å². The molecule has 0 atom stereocenters. The third-order valence-corrected chi connectivity index (χ3v) is 6.74. The average Bonchev–Trinajstić information content (AvgIpc) is 3.09. The summed E-state index contributed by atoms with van der Waals surface area (Å²) in [6, 6.07) is 8.84. The molecule has 3 heterocycles. The van der Waals surface area contributed by atoms with Crippen LogP contribution >= 0.6 is 0 Å². The normalized spacial score (nSPS) is 24.0. The van der Waals surface area contributed by atoms with Crippen LogP contribution in [0.15, 0.2) is 24.3 Å². The van der Waals surface area contributed by atoms with Gasteiger partial charge in [-0.15, -0.1) is 15.3 Å². The lowest BCUT2D eigenvalue weighted by Gasteiger charge is -2.41. The standard InChI is InChI=1S/C21H23N5/c1-13-22-23-20-18-15-6-8-16(9-7-15)19(18)21(24-26(13)20)25-11-10-14-4-2-3-5-17(14)12-25/h2-5,15-16H,6-12H2,1H3. The number of hydrogen-bond donors (Lipinski definition) is 0. The van der Waals surface area contributed by atoms with Crippen molar-refractivity contribution in [3.63, 3.8) is 0 Å². The zero-order valence-electron chi connectivity index (χ0n) is 15.1. The minimum absolute atomic E-state index is 0.639. The molecule has 3 aromatic rings. The van der Waals surface area contributed by atoms with Crippen LogP contribution in [0, 0.1) is 6.92 Å². The molecule has 0 N–H and O–H groups in total. The van der Waals surface area contributed by atoms with Crippen LogP contribution in [0.2, 0.25) is 0 Å². The first-order chi connectivity index (χ1) is 12.8. The Balaban J connectivity index is 1.56. The summed E-state index contributed by atoms with van der Waals surface area (Å²) < 4.78 is 2.00. The number of rotatable bonds is 1. The minimum atomic E-state index is 0.639. The molecule has 2 bridgehead atoms. The molecule has 5 nitrogen and oxygen atoms in total. The number of anilines is 1. The largest absolute Gasteiger partial charge is 0.350 e. The second kappa shape index (κ2) is 5.29. The molecule has 0 saturated heterocycles. The Morgan fingerprint density at radius 3 is 2.46 bits per heavy atom. The molecule has 0 amide bonds. The van der Waals surface area contributed by atoms with E-state index in [4.69, 9.17) is 5.10 Å². The Morgan fingerprint density at radius 2 is 1.65 bits per heavy atom. The lowest BCUT2D eigenvalue weighted by atomic mass is 9.67. The van der Waals surface area contributed by atoms with Crippen molar-refractivity contribution >= 4 is 11.5 Å². The van der Waals surface area contributed by atoms with E-state index in [-0.39, 0.29) is 0 Å². The topological polar surface area (TPSA) is 46.3 Å². The molecule has 5 heteroatoms. The van der Waals surface area contributed by atoms with E-state index in [9.17, 15) is 0 Å². The van der Waals surface area contributed by atoms with Crippen LogP contribution in [0.25, 0.3) is 5.65 Å². The highest BCUT2D eigenvalue weighted by atomic mass is 15.4. The predicted octanol–water partition coefficient (Wildman–Crippen LogP) is 3.75. The third kappa shape index (κ3) is 1.94. The summed E-state index contributed by atoms with van der Waals surface area (Å²) in [5.74, 6) is 3.37. The minimum Gasteiger partial charge on any atom is -0.350 e. The maximum Gasteiger partial charge on any atom is 0.181 e. The van der Waals surface area contributed by atoms with Crippen molar-refractivity contribution in [3.05, 3.63) is 52.3 Å². The molecule has 0 unspecified atom stereocenters. The Labute approximate surface area is 153 Å². The molecule has 0 spiro atoms. The van der Waals surface area contributed by atoms with E-state index >= 15 is 0 Å². The van der Waals surface area contributed by atoms with Crippen molar-refractivity contribution in [1.29, 1.82) is 0 Å². The Hall–Kier alpha value is -2.43. The van der Waals surface area contributed by atoms with Gasteiger partial charge < -0.3 is 4.90 Å². The van der Waals surface area contributed by atoms with Crippen LogP contribution in [0.1, 0.15) is 65.6 Å². The predicted molar refractivity (Wildman–Crippen MR) is 101 cm³/mol. The third-order valence-electron chi connectivity index (χ3n) is 6.74. The maximum absolute atomic E-state index is 5.08. The van der Waals surface area contributed by atoms with Gasteiger partial charge in [0.1, 0.15) is 0 Å². The van der Waals surface area contributed by atoms with Crippen LogP contribution < -0.4 is 4.90 Å². The quantitative estimate of drug-likeness (QED) is 0.674. The van der Waals surface area contributed by atoms with Gasteiger partial charge in [-0.05, 0) is 62.0 Å². The van der Waals surface area contributed by atoms with Crippen LogP contribution in [-0.2, 0) is 13.0 Å². The van der Waals surface area contributed by atoms with Gasteiger partial charge in [-0.3, -0.25) is 0 Å². The summed E-state index contributed by atoms with van der Waals surface area (Å²) >= 11 is 0. The first-order valence-corrected chi connectivity index (χ1v) is 9.87. The second-order valence-electron chi connectivity index (χ2n) is 8.12. The summed E-state index contributed by atoms with van der Waals surface area (Å²) in [6.07, 6.45) is 6.30. The molecular weight excluding hydrogens is 322 g/mol. The van der Waals surface area contributed by atoms with E-state index in [1.54, 1.807) is 0 Å². The number of benzene rings is 1. The summed E-state index contributed by atoms with van der Waals surface area (Å²) in [6.45, 7) is 4.01. The molecule has 132 valence electrons. The molecule has 1 saturated carbocycles. The van der Waals surface area contributed by atoms with Crippen LogP contribution in [0.4, 0.5) is 5.82 Å². The van der Waals surface area contributed by atoms with Gasteiger partial charge in [0, 0.05) is 24.2 Å². The van der Waals surface area contributed by atoms with Crippen molar-refractivity contribution in [2.24, 2.45) is 0 Å². The van der Waals surface area contributed by atoms with Crippen molar-refractivity contribution in [3.8, 4) is 0 Å². The second-order valence-corrected chi connectivity index (χ2v) is 8.12. The Morgan fingerprint density at radius 1 is 0.923 bits per heavy atom. The van der Waals surface area contributed by atoms with Crippen molar-refractivity contribution in [1.82, 2.24) is 19.8 Å². The number of aromatic nitrogens is 4. The van der Waals surface area contributed by atoms with E-state index in [0.29, 0.717) is 11.8 Å². The molecule has 1 aliphatic heterocycles. The molecule has 4 aliphatic rings. The van der Waals surface area contributed by atoms with Crippen LogP contribution in [-0.4, -0.2) is 26.4 Å². The summed E-state index contributed by atoms with van der Waals surface area (Å²) in [7, 11) is 0. The van der Waals surface area contributed by atoms with E-state index in [1.807, 2.05) is 11.4 Å². The molecular formula is C21H23N5. The molecule has 0 radical (unpaired) electrons. The molecule has 2 aromatic heterocycles. The molecule has 7 rings (SSSR count). The fraction of sp³-hybridized carbons (Fsp3) is 0.476. The van der Waals surface area contributed by atoms with Crippen molar-refractivity contribution in [2.45, 2.75) is 57.4 Å². The van der Waals surface area contributed by atoms with Gasteiger partial charge in [0.25, 0.3) is 0 Å². The van der Waals surface area contributed by atoms with E-state index < -0.39 is 0 Å². The SMILES string of the molecule is Cc1nnc2c3c(c(N4CCc5ccccc5C4)nn12)C1CCC3CC1. The lowest BCUT2D eigenvalue weighted by Crippen LogP contribution is -2.35. The smallest absolute Gasteiger partial charge is 0.181 e. The van der Waals surface area contributed by atoms with Crippen LogP contribution in [0.3, 0.4) is 0 Å². The van der Waals surface area contributed by atoms with Gasteiger partial charge >= 0.3 is 0 Å². The highest BCUT2D eigenvalue weighted by Crippen LogP contribution is 2.53. The van der Waals surface area contributed by atoms with E-state index in [2.05, 4.69) is 39.4 Å². The number of aryl methyl sites for hydroxylation is 1. The van der Waals surface area contributed by atoms with Gasteiger partial charge in [0.2, 0.25) is 0 Å². The highest BCUT2D eigenvalue weighted by molar-refractivity contribution is 5.65. The first-order valence-electron chi connectivity index (χ1n) is 9.87. The van der Waals surface area contributed by atoms with Crippen molar-refractivity contribution < 1.29 is 0 Å². The Kier molecular flexibility index (Phi) is 2.99. The monoisotopic (exact) mass is 345 g/mol. The number of fused-ring (bicyclic) bond motifs is 4. The molecule has 1 aromatic carbocycles.